The number of fused-ring (bicyclic) bond motifs is 1. The van der Waals surface area contributed by atoms with Crippen molar-refractivity contribution in [2.24, 2.45) is 11.7 Å². The Balaban J connectivity index is 1.47. The van der Waals surface area contributed by atoms with Gasteiger partial charge in [0.15, 0.2) is 40.2 Å². The minimum absolute atomic E-state index is 0.0371. The number of phenolic OH excluding ortho intramolecular Hbond substituents is 3. The molecule has 0 spiro atoms. The fourth-order valence-electron chi connectivity index (χ4n) is 7.88. The molecule has 1 unspecified atom stereocenters. The summed E-state index contributed by atoms with van der Waals surface area (Å²) in [6, 6.07) is 15.4. The molecule has 1 saturated heterocycles. The summed E-state index contributed by atoms with van der Waals surface area (Å²) < 4.78 is 24.5. The molecular weight excluding hydrogens is 780 g/mol. The van der Waals surface area contributed by atoms with E-state index in [0.717, 1.165) is 11.6 Å². The second kappa shape index (κ2) is 20.9. The van der Waals surface area contributed by atoms with Gasteiger partial charge in [-0.05, 0) is 90.9 Å². The standard InChI is InChI=1S/C44H54N2O14/c1-46-40(23-48)44-26-43(42(55)56,59-25-32(49)12-9-28-10-14-38(36(53)17-28)57-16-15-45)21-37(54)41(44)58-24-29(8-7-27-5-3-2-4-6-27)18-39(60-44)33(50)13-11-30-19-34(51)35(52)20-31(30)22-47/h2-6,9-14,17,19-20,29,37,39-41,46-48,51-54H,7-8,15-16,18,21-26,45H2,1H3,(H,55,56)/t29-,37+,39?,40+,41+,43-,44-/m0/s1. The van der Waals surface area contributed by atoms with Gasteiger partial charge in [-0.2, -0.15) is 0 Å². The van der Waals surface area contributed by atoms with Crippen LogP contribution in [0.5, 0.6) is 23.0 Å². The lowest BCUT2D eigenvalue weighted by Gasteiger charge is -2.56. The van der Waals surface area contributed by atoms with Crippen LogP contribution >= 0.6 is 0 Å². The number of carboxylic acid groups (broad SMARTS) is 1. The number of phenols is 3. The molecule has 16 nitrogen and oxygen atoms in total. The monoisotopic (exact) mass is 834 g/mol. The Labute approximate surface area is 347 Å². The Morgan fingerprint density at radius 2 is 1.75 bits per heavy atom. The largest absolute Gasteiger partial charge is 0.504 e. The Bertz CT molecular complexity index is 2000. The number of likely N-dealkylation sites (N-methyl/N-ethyl adjacent to an activating group) is 1. The highest BCUT2D eigenvalue weighted by Crippen LogP contribution is 2.47. The van der Waals surface area contributed by atoms with Crippen molar-refractivity contribution < 1.29 is 69.1 Å². The zero-order valence-electron chi connectivity index (χ0n) is 33.3. The van der Waals surface area contributed by atoms with Crippen LogP contribution < -0.4 is 15.8 Å². The van der Waals surface area contributed by atoms with E-state index in [4.69, 9.17) is 24.7 Å². The van der Waals surface area contributed by atoms with E-state index >= 15 is 0 Å². The number of aliphatic carboxylic acids is 1. The topological polar surface area (TPSA) is 268 Å². The lowest BCUT2D eigenvalue weighted by Crippen LogP contribution is -2.73. The quantitative estimate of drug-likeness (QED) is 0.0619. The summed E-state index contributed by atoms with van der Waals surface area (Å²) in [7, 11) is 1.50. The van der Waals surface area contributed by atoms with Crippen molar-refractivity contribution in [3.8, 4) is 23.0 Å². The molecule has 1 heterocycles. The number of hydrogen-bond acceptors (Lipinski definition) is 15. The average Bonchev–Trinajstić information content (AvgIpc) is 3.23. The first-order valence-electron chi connectivity index (χ1n) is 19.7. The molecule has 16 heteroatoms. The van der Waals surface area contributed by atoms with E-state index in [-0.39, 0.29) is 54.7 Å². The third kappa shape index (κ3) is 11.0. The number of carbonyl (C=O) groups is 3. The van der Waals surface area contributed by atoms with Crippen molar-refractivity contribution >= 4 is 29.7 Å². The highest BCUT2D eigenvalue weighted by molar-refractivity contribution is 5.97. The van der Waals surface area contributed by atoms with Crippen molar-refractivity contribution in [1.29, 1.82) is 0 Å². The van der Waals surface area contributed by atoms with Crippen molar-refractivity contribution in [3.63, 3.8) is 0 Å². The van der Waals surface area contributed by atoms with E-state index in [1.807, 2.05) is 30.3 Å². The number of nitrogens with two attached hydrogens (primary N) is 1. The number of aryl methyl sites for hydroxylation is 1. The third-order valence-electron chi connectivity index (χ3n) is 11.0. The molecule has 2 fully saturated rings. The van der Waals surface area contributed by atoms with E-state index in [1.54, 1.807) is 6.07 Å². The zero-order valence-corrected chi connectivity index (χ0v) is 33.3. The van der Waals surface area contributed by atoms with Crippen LogP contribution in [-0.2, 0) is 41.6 Å². The molecule has 1 aliphatic carbocycles. The van der Waals surface area contributed by atoms with Crippen LogP contribution in [0, 0.1) is 5.92 Å². The van der Waals surface area contributed by atoms with Crippen molar-refractivity contribution in [3.05, 3.63) is 95.1 Å². The lowest BCUT2D eigenvalue weighted by atomic mass is 9.67. The lowest BCUT2D eigenvalue weighted by molar-refractivity contribution is -0.280. The summed E-state index contributed by atoms with van der Waals surface area (Å²) in [6.45, 7) is -1.44. The minimum Gasteiger partial charge on any atom is -0.504 e. The second-order valence-corrected chi connectivity index (χ2v) is 15.1. The summed E-state index contributed by atoms with van der Waals surface area (Å²) in [5, 5.41) is 76.6. The van der Waals surface area contributed by atoms with Gasteiger partial charge in [-0.3, -0.25) is 9.59 Å². The third-order valence-corrected chi connectivity index (χ3v) is 11.0. The predicted octanol–water partition coefficient (Wildman–Crippen LogP) is 2.23. The zero-order chi connectivity index (χ0) is 43.5. The molecule has 10 N–H and O–H groups in total. The number of ketones is 2. The van der Waals surface area contributed by atoms with Crippen molar-refractivity contribution in [1.82, 2.24) is 5.32 Å². The fourth-order valence-corrected chi connectivity index (χ4v) is 7.88. The van der Waals surface area contributed by atoms with Gasteiger partial charge in [0.25, 0.3) is 0 Å². The van der Waals surface area contributed by atoms with Gasteiger partial charge < -0.3 is 65.7 Å². The molecular formula is C44H54N2O14. The molecule has 0 amide bonds. The molecule has 5 rings (SSSR count). The second-order valence-electron chi connectivity index (χ2n) is 15.1. The maximum atomic E-state index is 14.3. The van der Waals surface area contributed by atoms with Crippen LogP contribution in [-0.4, -0.2) is 129 Å². The first-order chi connectivity index (χ1) is 28.8. The molecule has 60 heavy (non-hydrogen) atoms. The van der Waals surface area contributed by atoms with Gasteiger partial charge in [0.2, 0.25) is 0 Å². The highest BCUT2D eigenvalue weighted by Gasteiger charge is 2.64. The van der Waals surface area contributed by atoms with Gasteiger partial charge in [0.05, 0.1) is 32.0 Å². The number of benzene rings is 3. The summed E-state index contributed by atoms with van der Waals surface area (Å²) in [5.41, 5.74) is 3.19. The van der Waals surface area contributed by atoms with Gasteiger partial charge >= 0.3 is 5.97 Å². The maximum Gasteiger partial charge on any atom is 0.336 e. The van der Waals surface area contributed by atoms with E-state index in [1.165, 1.54) is 49.5 Å². The van der Waals surface area contributed by atoms with Crippen LogP contribution in [0.25, 0.3) is 12.2 Å². The van der Waals surface area contributed by atoms with Gasteiger partial charge in [-0.1, -0.05) is 48.6 Å². The molecule has 1 aliphatic heterocycles. The maximum absolute atomic E-state index is 14.3. The Hall–Kier alpha value is -5.17. The molecule has 1 saturated carbocycles. The van der Waals surface area contributed by atoms with Crippen LogP contribution in [0.4, 0.5) is 0 Å². The SMILES string of the molecule is CN[C@H](CO)[C@@]12C[C@](OCC(=O)C=Cc3ccc(OCCN)c(O)c3)(C(=O)O)C[C@@H](O)[C@H]1OC[C@@H](CCc1ccccc1)CC(C(=O)C=Cc1cc(O)c(O)cc1CO)O2. The van der Waals surface area contributed by atoms with E-state index in [0.29, 0.717) is 18.4 Å². The van der Waals surface area contributed by atoms with Crippen LogP contribution in [0.3, 0.4) is 0 Å². The number of aliphatic hydroxyl groups is 3. The number of hydrogen-bond donors (Lipinski definition) is 9. The van der Waals surface area contributed by atoms with Gasteiger partial charge in [-0.15, -0.1) is 0 Å². The van der Waals surface area contributed by atoms with Crippen molar-refractivity contribution in [2.75, 3.05) is 40.0 Å². The van der Waals surface area contributed by atoms with Gasteiger partial charge in [0.1, 0.15) is 31.0 Å². The Morgan fingerprint density at radius 1 is 1.00 bits per heavy atom. The van der Waals surface area contributed by atoms with E-state index in [2.05, 4.69) is 5.32 Å². The fraction of sp³-hybridized carbons (Fsp3) is 0.432. The van der Waals surface area contributed by atoms with Gasteiger partial charge in [-0.25, -0.2) is 4.79 Å². The summed E-state index contributed by atoms with van der Waals surface area (Å²) in [5.74, 6) is -3.96. The van der Waals surface area contributed by atoms with Crippen LogP contribution in [0.1, 0.15) is 47.9 Å². The number of aromatic hydroxyl groups is 3. The summed E-state index contributed by atoms with van der Waals surface area (Å²) >= 11 is 0. The van der Waals surface area contributed by atoms with Crippen LogP contribution in [0.2, 0.25) is 0 Å². The molecule has 0 bridgehead atoms. The number of rotatable bonds is 19. The number of aliphatic hydroxyl groups excluding tert-OH is 3. The Kier molecular flexibility index (Phi) is 16.0. The molecule has 3 aromatic rings. The Morgan fingerprint density at radius 3 is 2.42 bits per heavy atom. The van der Waals surface area contributed by atoms with Crippen molar-refractivity contribution in [2.45, 2.75) is 74.3 Å². The smallest absolute Gasteiger partial charge is 0.336 e. The molecule has 3 aromatic carbocycles. The van der Waals surface area contributed by atoms with Gasteiger partial charge in [0, 0.05) is 19.4 Å². The molecule has 2 aliphatic rings. The molecule has 324 valence electrons. The van der Waals surface area contributed by atoms with E-state index in [9.17, 15) is 50.1 Å². The highest BCUT2D eigenvalue weighted by atomic mass is 16.6. The molecule has 0 radical (unpaired) electrons. The normalized spacial score (nSPS) is 25.0. The first kappa shape index (κ1) is 45.9. The van der Waals surface area contributed by atoms with Crippen LogP contribution in [0.15, 0.2) is 72.8 Å². The summed E-state index contributed by atoms with van der Waals surface area (Å²) in [6.07, 6.45) is 1.07. The molecule has 0 aromatic heterocycles. The average molecular weight is 835 g/mol. The minimum atomic E-state index is -2.28. The number of nitrogens with one attached hydrogen (secondary N) is 1. The number of carbonyl (C=O) groups excluding carboxylic acids is 2. The number of ether oxygens (including phenoxy) is 4. The predicted molar refractivity (Wildman–Crippen MR) is 218 cm³/mol. The van der Waals surface area contributed by atoms with E-state index < -0.39 is 97.3 Å². The number of carboxylic acids is 1. The summed E-state index contributed by atoms with van der Waals surface area (Å²) in [4.78, 5) is 40.7. The molecule has 7 atom stereocenters. The first-order valence-corrected chi connectivity index (χ1v) is 19.7.